The third kappa shape index (κ3) is 1.44. The van der Waals surface area contributed by atoms with Gasteiger partial charge >= 0.3 is 0 Å². The lowest BCUT2D eigenvalue weighted by molar-refractivity contribution is 1.37. The quantitative estimate of drug-likeness (QED) is 0.718. The van der Waals surface area contributed by atoms with Crippen LogP contribution in [0.4, 0.5) is 0 Å². The first-order valence-corrected chi connectivity index (χ1v) is 6.13. The van der Waals surface area contributed by atoms with Crippen molar-refractivity contribution in [1.82, 2.24) is 0 Å². The highest BCUT2D eigenvalue weighted by atomic mass is 79.9. The fourth-order valence-electron chi connectivity index (χ4n) is 1.37. The topological polar surface area (TPSA) is 23.8 Å². The van der Waals surface area contributed by atoms with Crippen LogP contribution in [0.1, 0.15) is 11.1 Å². The average Bonchev–Trinajstić information content (AvgIpc) is 2.66. The fourth-order valence-corrected chi connectivity index (χ4v) is 3.26. The van der Waals surface area contributed by atoms with Gasteiger partial charge in [-0.15, -0.1) is 22.9 Å². The van der Waals surface area contributed by atoms with Crippen LogP contribution in [-0.2, 0) is 5.88 Å². The molecule has 0 aliphatic rings. The molecule has 0 atom stereocenters. The number of nitriles is 1. The Bertz CT molecular complexity index is 527. The largest absolute Gasteiger partial charge is 0.192 e. The van der Waals surface area contributed by atoms with Crippen molar-refractivity contribution < 1.29 is 0 Å². The summed E-state index contributed by atoms with van der Waals surface area (Å²) in [6, 6.07) is 6.13. The summed E-state index contributed by atoms with van der Waals surface area (Å²) < 4.78 is 2.01. The summed E-state index contributed by atoms with van der Waals surface area (Å²) in [6.07, 6.45) is 0. The number of hydrogen-bond acceptors (Lipinski definition) is 2. The van der Waals surface area contributed by atoms with Gasteiger partial charge in [0.05, 0.1) is 10.3 Å². The fraction of sp³-hybridized carbons (Fsp3) is 0.100. The number of halogens is 2. The molecule has 0 aliphatic carbocycles. The number of rotatable bonds is 1. The highest BCUT2D eigenvalue weighted by Crippen LogP contribution is 2.33. The first-order valence-electron chi connectivity index (χ1n) is 3.92. The van der Waals surface area contributed by atoms with E-state index in [1.54, 1.807) is 11.3 Å². The van der Waals surface area contributed by atoms with E-state index in [-0.39, 0.29) is 0 Å². The summed E-state index contributed by atoms with van der Waals surface area (Å²) in [7, 11) is 0. The van der Waals surface area contributed by atoms with Crippen LogP contribution in [0.3, 0.4) is 0 Å². The van der Waals surface area contributed by atoms with Gasteiger partial charge in [-0.25, -0.2) is 0 Å². The molecule has 0 radical (unpaired) electrons. The monoisotopic (exact) mass is 285 g/mol. The summed E-state index contributed by atoms with van der Waals surface area (Å²) in [5, 5.41) is 12.1. The Morgan fingerprint density at radius 1 is 1.57 bits per heavy atom. The van der Waals surface area contributed by atoms with E-state index in [0.29, 0.717) is 11.4 Å². The molecule has 1 heterocycles. The van der Waals surface area contributed by atoms with Gasteiger partial charge in [-0.05, 0) is 23.1 Å². The molecule has 4 heteroatoms. The van der Waals surface area contributed by atoms with Gasteiger partial charge in [0.25, 0.3) is 0 Å². The Hall–Kier alpha value is -0.560. The van der Waals surface area contributed by atoms with Crippen LogP contribution in [0, 0.1) is 11.3 Å². The molecular weight excluding hydrogens is 282 g/mol. The minimum absolute atomic E-state index is 0.370. The second kappa shape index (κ2) is 3.90. The Morgan fingerprint density at radius 3 is 3.00 bits per heavy atom. The lowest BCUT2D eigenvalue weighted by atomic mass is 10.1. The van der Waals surface area contributed by atoms with Crippen molar-refractivity contribution in [3.05, 3.63) is 33.1 Å². The summed E-state index contributed by atoms with van der Waals surface area (Å²) in [5.41, 5.74) is 1.59. The maximum atomic E-state index is 9.04. The van der Waals surface area contributed by atoms with E-state index in [0.717, 1.165) is 20.1 Å². The van der Waals surface area contributed by atoms with Crippen LogP contribution in [0.25, 0.3) is 10.1 Å². The highest BCUT2D eigenvalue weighted by molar-refractivity contribution is 9.10. The Balaban J connectivity index is 2.91. The van der Waals surface area contributed by atoms with Gasteiger partial charge in [-0.3, -0.25) is 0 Å². The van der Waals surface area contributed by atoms with Gasteiger partial charge < -0.3 is 0 Å². The smallest absolute Gasteiger partial charge is 0.101 e. The van der Waals surface area contributed by atoms with Gasteiger partial charge in [-0.1, -0.05) is 15.9 Å². The van der Waals surface area contributed by atoms with E-state index in [4.69, 9.17) is 16.9 Å². The maximum absolute atomic E-state index is 9.04. The molecule has 0 aliphatic heterocycles. The van der Waals surface area contributed by atoms with Crippen molar-refractivity contribution in [3.63, 3.8) is 0 Å². The molecule has 0 spiro atoms. The number of fused-ring (bicyclic) bond motifs is 1. The van der Waals surface area contributed by atoms with Gasteiger partial charge in [0.2, 0.25) is 0 Å². The first kappa shape index (κ1) is 9.97. The third-order valence-corrected chi connectivity index (χ3v) is 3.90. The predicted octanol–water partition coefficient (Wildman–Crippen LogP) is 4.27. The van der Waals surface area contributed by atoms with Gasteiger partial charge in [0.1, 0.15) is 6.07 Å². The number of nitrogens with zero attached hydrogens (tertiary/aromatic N) is 1. The first-order chi connectivity index (χ1) is 6.77. The van der Waals surface area contributed by atoms with E-state index in [9.17, 15) is 0 Å². The maximum Gasteiger partial charge on any atom is 0.101 e. The Morgan fingerprint density at radius 2 is 2.36 bits per heavy atom. The molecule has 0 bridgehead atoms. The zero-order valence-electron chi connectivity index (χ0n) is 7.05. The molecule has 0 fully saturated rings. The third-order valence-electron chi connectivity index (χ3n) is 2.03. The lowest BCUT2D eigenvalue weighted by Gasteiger charge is -2.02. The molecule has 0 saturated heterocycles. The average molecular weight is 287 g/mol. The van der Waals surface area contributed by atoms with Crippen LogP contribution in [-0.4, -0.2) is 0 Å². The summed E-state index contributed by atoms with van der Waals surface area (Å²) in [4.78, 5) is 0. The van der Waals surface area contributed by atoms with Crippen LogP contribution >= 0.6 is 38.9 Å². The normalized spacial score (nSPS) is 10.4. The van der Waals surface area contributed by atoms with Crippen LogP contribution in [0.2, 0.25) is 0 Å². The predicted molar refractivity (Wildman–Crippen MR) is 63.8 cm³/mol. The van der Waals surface area contributed by atoms with Gasteiger partial charge in [0, 0.05) is 15.7 Å². The minimum Gasteiger partial charge on any atom is -0.192 e. The summed E-state index contributed by atoms with van der Waals surface area (Å²) in [6.45, 7) is 0. The molecule has 14 heavy (non-hydrogen) atoms. The number of thiophene rings is 1. The van der Waals surface area contributed by atoms with Crippen molar-refractivity contribution in [3.8, 4) is 6.07 Å². The van der Waals surface area contributed by atoms with Crippen molar-refractivity contribution >= 4 is 49.0 Å². The van der Waals surface area contributed by atoms with Gasteiger partial charge in [0.15, 0.2) is 0 Å². The second-order valence-corrected chi connectivity index (χ2v) is 4.84. The number of hydrogen-bond donors (Lipinski definition) is 0. The number of alkyl halides is 1. The van der Waals surface area contributed by atoms with Crippen molar-refractivity contribution in [2.45, 2.75) is 5.88 Å². The lowest BCUT2D eigenvalue weighted by Crippen LogP contribution is -1.86. The molecule has 1 aromatic carbocycles. The van der Waals surface area contributed by atoms with Crippen molar-refractivity contribution in [1.29, 1.82) is 5.26 Å². The van der Waals surface area contributed by atoms with Crippen LogP contribution < -0.4 is 0 Å². The molecule has 2 aromatic rings. The standard InChI is InChI=1S/C10H5BrClNS/c11-9-3-6(4-12)8(5-13)10-7(9)1-2-14-10/h1-3H,4H2. The SMILES string of the molecule is N#Cc1c(CCl)cc(Br)c2ccsc12. The summed E-state index contributed by atoms with van der Waals surface area (Å²) >= 11 is 10.8. The van der Waals surface area contributed by atoms with E-state index in [1.165, 1.54) is 0 Å². The van der Waals surface area contributed by atoms with Crippen molar-refractivity contribution in [2.75, 3.05) is 0 Å². The van der Waals surface area contributed by atoms with E-state index in [1.807, 2.05) is 17.5 Å². The Kier molecular flexibility index (Phi) is 2.78. The summed E-state index contributed by atoms with van der Waals surface area (Å²) in [5.74, 6) is 0.370. The molecular formula is C10H5BrClNS. The second-order valence-electron chi connectivity index (χ2n) is 2.80. The molecule has 70 valence electrons. The van der Waals surface area contributed by atoms with E-state index in [2.05, 4.69) is 22.0 Å². The van der Waals surface area contributed by atoms with Crippen molar-refractivity contribution in [2.24, 2.45) is 0 Å². The van der Waals surface area contributed by atoms with E-state index >= 15 is 0 Å². The molecule has 1 nitrogen and oxygen atoms in total. The zero-order valence-corrected chi connectivity index (χ0v) is 10.2. The molecule has 0 N–H and O–H groups in total. The molecule has 0 unspecified atom stereocenters. The Labute approximate surface area is 99.0 Å². The molecule has 0 saturated carbocycles. The number of benzene rings is 1. The van der Waals surface area contributed by atoms with E-state index < -0.39 is 0 Å². The minimum atomic E-state index is 0.370. The molecule has 2 rings (SSSR count). The van der Waals surface area contributed by atoms with Crippen LogP contribution in [0.15, 0.2) is 22.0 Å². The van der Waals surface area contributed by atoms with Crippen LogP contribution in [0.5, 0.6) is 0 Å². The zero-order chi connectivity index (χ0) is 10.1. The van der Waals surface area contributed by atoms with Gasteiger partial charge in [-0.2, -0.15) is 5.26 Å². The molecule has 1 aromatic heterocycles. The highest BCUT2D eigenvalue weighted by Gasteiger charge is 2.10. The molecule has 0 amide bonds.